The SMILES string of the molecule is O=C(O)C1CC(NC(=O)C2CCCN2C(=O)C23CC4CC(CC(C4)C2)C3)C1. The number of hydrogen-bond acceptors (Lipinski definition) is 3. The zero-order valence-electron chi connectivity index (χ0n) is 15.9. The van der Waals surface area contributed by atoms with E-state index in [0.29, 0.717) is 19.4 Å². The van der Waals surface area contributed by atoms with E-state index in [0.717, 1.165) is 49.9 Å². The molecule has 2 amide bonds. The Morgan fingerprint density at radius 1 is 0.926 bits per heavy atom. The maximum atomic E-state index is 13.6. The number of nitrogens with zero attached hydrogens (tertiary/aromatic N) is 1. The van der Waals surface area contributed by atoms with Crippen LogP contribution in [0.5, 0.6) is 0 Å². The van der Waals surface area contributed by atoms with Crippen LogP contribution in [0.4, 0.5) is 0 Å². The number of nitrogens with one attached hydrogen (secondary N) is 1. The molecule has 6 fully saturated rings. The van der Waals surface area contributed by atoms with Crippen molar-refractivity contribution in [2.45, 2.75) is 76.3 Å². The van der Waals surface area contributed by atoms with Crippen molar-refractivity contribution < 1.29 is 19.5 Å². The molecule has 5 aliphatic carbocycles. The van der Waals surface area contributed by atoms with Crippen LogP contribution in [0, 0.1) is 29.1 Å². The Kier molecular flexibility index (Phi) is 4.03. The molecule has 6 rings (SSSR count). The van der Waals surface area contributed by atoms with Gasteiger partial charge in [-0.1, -0.05) is 0 Å². The summed E-state index contributed by atoms with van der Waals surface area (Å²) in [6.07, 6.45) is 9.67. The summed E-state index contributed by atoms with van der Waals surface area (Å²) in [6.45, 7) is 0.696. The highest BCUT2D eigenvalue weighted by Crippen LogP contribution is 2.60. The Bertz CT molecular complexity index is 634. The number of rotatable bonds is 4. The van der Waals surface area contributed by atoms with Crippen molar-refractivity contribution in [1.82, 2.24) is 10.2 Å². The number of carboxylic acid groups (broad SMARTS) is 1. The molecule has 1 saturated heterocycles. The summed E-state index contributed by atoms with van der Waals surface area (Å²) in [7, 11) is 0. The molecular formula is C21H30N2O4. The second kappa shape index (κ2) is 6.21. The first kappa shape index (κ1) is 17.5. The Balaban J connectivity index is 1.25. The molecule has 6 heteroatoms. The van der Waals surface area contributed by atoms with Crippen molar-refractivity contribution in [3.63, 3.8) is 0 Å². The molecule has 27 heavy (non-hydrogen) atoms. The third-order valence-electron chi connectivity index (χ3n) is 8.14. The van der Waals surface area contributed by atoms with Crippen LogP contribution in [0.2, 0.25) is 0 Å². The Morgan fingerprint density at radius 2 is 1.52 bits per heavy atom. The van der Waals surface area contributed by atoms with Crippen molar-refractivity contribution in [3.05, 3.63) is 0 Å². The van der Waals surface area contributed by atoms with Gasteiger partial charge in [-0.25, -0.2) is 0 Å². The van der Waals surface area contributed by atoms with Crippen LogP contribution in [0.1, 0.15) is 64.2 Å². The minimum absolute atomic E-state index is 0.0456. The lowest BCUT2D eigenvalue weighted by atomic mass is 9.49. The molecule has 1 heterocycles. The third kappa shape index (κ3) is 2.87. The van der Waals surface area contributed by atoms with Crippen LogP contribution in [0.15, 0.2) is 0 Å². The Hall–Kier alpha value is -1.59. The fraction of sp³-hybridized carbons (Fsp3) is 0.857. The molecular weight excluding hydrogens is 344 g/mol. The van der Waals surface area contributed by atoms with Gasteiger partial charge in [-0.15, -0.1) is 0 Å². The maximum Gasteiger partial charge on any atom is 0.306 e. The summed E-state index contributed by atoms with van der Waals surface area (Å²) in [5.41, 5.74) is -0.192. The van der Waals surface area contributed by atoms with Crippen LogP contribution in [-0.2, 0) is 14.4 Å². The van der Waals surface area contributed by atoms with E-state index in [-0.39, 0.29) is 35.2 Å². The Labute approximate surface area is 160 Å². The summed E-state index contributed by atoms with van der Waals surface area (Å²) >= 11 is 0. The first-order valence-electron chi connectivity index (χ1n) is 10.8. The molecule has 1 unspecified atom stereocenters. The first-order valence-corrected chi connectivity index (χ1v) is 10.8. The number of carbonyl (C=O) groups excluding carboxylic acids is 2. The number of carbonyl (C=O) groups is 3. The number of likely N-dealkylation sites (tertiary alicyclic amines) is 1. The fourth-order valence-corrected chi connectivity index (χ4v) is 7.19. The van der Waals surface area contributed by atoms with Gasteiger partial charge >= 0.3 is 5.97 Å². The number of hydrogen-bond donors (Lipinski definition) is 2. The van der Waals surface area contributed by atoms with Crippen LogP contribution >= 0.6 is 0 Å². The summed E-state index contributed by atoms with van der Waals surface area (Å²) in [5.74, 6) is 1.23. The van der Waals surface area contributed by atoms with Gasteiger partial charge in [-0.2, -0.15) is 0 Å². The lowest BCUT2D eigenvalue weighted by molar-refractivity contribution is -0.160. The smallest absolute Gasteiger partial charge is 0.306 e. The highest BCUT2D eigenvalue weighted by atomic mass is 16.4. The molecule has 2 N–H and O–H groups in total. The van der Waals surface area contributed by atoms with E-state index in [1.54, 1.807) is 0 Å². The van der Waals surface area contributed by atoms with E-state index in [2.05, 4.69) is 5.32 Å². The molecule has 6 nitrogen and oxygen atoms in total. The molecule has 6 aliphatic rings. The van der Waals surface area contributed by atoms with E-state index < -0.39 is 5.97 Å². The summed E-state index contributed by atoms with van der Waals surface area (Å²) in [6, 6.07) is -0.398. The zero-order chi connectivity index (χ0) is 18.8. The van der Waals surface area contributed by atoms with Crippen molar-refractivity contribution in [1.29, 1.82) is 0 Å². The van der Waals surface area contributed by atoms with Gasteiger partial charge in [0.25, 0.3) is 0 Å². The molecule has 4 bridgehead atoms. The fourth-order valence-electron chi connectivity index (χ4n) is 7.19. The summed E-state index contributed by atoms with van der Waals surface area (Å²) in [5, 5.41) is 12.0. The number of carboxylic acids is 1. The second-order valence-electron chi connectivity index (χ2n) is 10.1. The standard InChI is InChI=1S/C21H30N2O4/c24-18(22-16-7-15(8-16)19(25)26)17-2-1-3-23(17)20(27)21-9-12-4-13(10-21)6-14(5-12)11-21/h12-17H,1-11H2,(H,22,24)(H,25,26). The highest BCUT2D eigenvalue weighted by molar-refractivity contribution is 5.91. The largest absolute Gasteiger partial charge is 0.481 e. The first-order chi connectivity index (χ1) is 12.9. The minimum Gasteiger partial charge on any atom is -0.481 e. The maximum absolute atomic E-state index is 13.6. The van der Waals surface area contributed by atoms with Crippen molar-refractivity contribution in [3.8, 4) is 0 Å². The van der Waals surface area contributed by atoms with Gasteiger partial charge < -0.3 is 15.3 Å². The predicted molar refractivity (Wildman–Crippen MR) is 97.6 cm³/mol. The van der Waals surface area contributed by atoms with Gasteiger partial charge in [-0.3, -0.25) is 14.4 Å². The summed E-state index contributed by atoms with van der Waals surface area (Å²) in [4.78, 5) is 39.2. The molecule has 1 atom stereocenters. The lowest BCUT2D eigenvalue weighted by Gasteiger charge is -2.56. The normalized spacial score (nSPS) is 44.8. The molecule has 148 valence electrons. The molecule has 0 radical (unpaired) electrons. The van der Waals surface area contributed by atoms with E-state index in [1.807, 2.05) is 4.90 Å². The zero-order valence-corrected chi connectivity index (χ0v) is 15.9. The van der Waals surface area contributed by atoms with E-state index in [4.69, 9.17) is 5.11 Å². The number of amides is 2. The van der Waals surface area contributed by atoms with Crippen molar-refractivity contribution in [2.24, 2.45) is 29.1 Å². The monoisotopic (exact) mass is 374 g/mol. The average molecular weight is 374 g/mol. The molecule has 0 aromatic heterocycles. The van der Waals surface area contributed by atoms with Crippen LogP contribution in [0.3, 0.4) is 0 Å². The van der Waals surface area contributed by atoms with Crippen LogP contribution in [-0.4, -0.2) is 46.4 Å². The van der Waals surface area contributed by atoms with Gasteiger partial charge in [0.05, 0.1) is 11.3 Å². The molecule has 5 saturated carbocycles. The van der Waals surface area contributed by atoms with Gasteiger partial charge in [0.2, 0.25) is 11.8 Å². The summed E-state index contributed by atoms with van der Waals surface area (Å²) < 4.78 is 0. The Morgan fingerprint density at radius 3 is 2.07 bits per heavy atom. The third-order valence-corrected chi connectivity index (χ3v) is 8.14. The van der Waals surface area contributed by atoms with Gasteiger partial charge in [0.1, 0.15) is 6.04 Å². The molecule has 0 aromatic carbocycles. The van der Waals surface area contributed by atoms with Crippen molar-refractivity contribution in [2.75, 3.05) is 6.54 Å². The number of aliphatic carboxylic acids is 1. The molecule has 0 aromatic rings. The average Bonchev–Trinajstić information content (AvgIpc) is 3.04. The van der Waals surface area contributed by atoms with Crippen LogP contribution < -0.4 is 5.32 Å². The van der Waals surface area contributed by atoms with Crippen LogP contribution in [0.25, 0.3) is 0 Å². The van der Waals surface area contributed by atoms with Gasteiger partial charge in [-0.05, 0) is 82.0 Å². The van der Waals surface area contributed by atoms with Crippen molar-refractivity contribution >= 4 is 17.8 Å². The lowest BCUT2D eigenvalue weighted by Crippen LogP contribution is -2.58. The van der Waals surface area contributed by atoms with E-state index in [9.17, 15) is 14.4 Å². The topological polar surface area (TPSA) is 86.7 Å². The molecule has 1 aliphatic heterocycles. The highest BCUT2D eigenvalue weighted by Gasteiger charge is 2.57. The van der Waals surface area contributed by atoms with E-state index in [1.165, 1.54) is 19.3 Å². The predicted octanol–water partition coefficient (Wildman–Crippen LogP) is 2.17. The van der Waals surface area contributed by atoms with Gasteiger partial charge in [0, 0.05) is 12.6 Å². The minimum atomic E-state index is -0.778. The quantitative estimate of drug-likeness (QED) is 0.790. The second-order valence-corrected chi connectivity index (χ2v) is 10.1. The molecule has 0 spiro atoms. The van der Waals surface area contributed by atoms with Gasteiger partial charge in [0.15, 0.2) is 0 Å². The van der Waals surface area contributed by atoms with E-state index >= 15 is 0 Å².